The Morgan fingerprint density at radius 2 is 1.76 bits per heavy atom. The summed E-state index contributed by atoms with van der Waals surface area (Å²) in [6.07, 6.45) is -4.92. The molecule has 0 aliphatic heterocycles. The second-order valence-electron chi connectivity index (χ2n) is 5.97. The minimum absolute atomic E-state index is 0.0980. The maximum Gasteiger partial charge on any atom is 0.416 e. The Balaban J connectivity index is 3.33. The van der Waals surface area contributed by atoms with Crippen LogP contribution in [0.5, 0.6) is 0 Å². The normalized spacial score (nSPS) is 15.8. The van der Waals surface area contributed by atoms with Gasteiger partial charge < -0.3 is 4.74 Å². The van der Waals surface area contributed by atoms with Crippen molar-refractivity contribution in [3.05, 3.63) is 35.4 Å². The van der Waals surface area contributed by atoms with Crippen LogP contribution >= 0.6 is 0 Å². The average Bonchev–Trinajstić information content (AvgIpc) is 2.37. The van der Waals surface area contributed by atoms with Gasteiger partial charge in [-0.2, -0.15) is 13.2 Å². The molecule has 21 heavy (non-hydrogen) atoms. The van der Waals surface area contributed by atoms with E-state index in [2.05, 4.69) is 5.43 Å². The second-order valence-corrected chi connectivity index (χ2v) is 5.97. The number of ether oxygens (including phenoxy) is 1. The zero-order valence-corrected chi connectivity index (χ0v) is 12.8. The fourth-order valence-corrected chi connectivity index (χ4v) is 2.39. The maximum absolute atomic E-state index is 13.2. The predicted octanol–water partition coefficient (Wildman–Crippen LogP) is 3.66. The number of hydrogen-bond acceptors (Lipinski definition) is 3. The number of hydrazine groups is 1. The van der Waals surface area contributed by atoms with E-state index >= 15 is 0 Å². The lowest BCUT2D eigenvalue weighted by atomic mass is 9.81. The molecule has 120 valence electrons. The molecule has 1 aromatic carbocycles. The third-order valence-corrected chi connectivity index (χ3v) is 3.28. The first-order valence-electron chi connectivity index (χ1n) is 6.86. The summed E-state index contributed by atoms with van der Waals surface area (Å²) < 4.78 is 45.2. The Morgan fingerprint density at radius 3 is 2.19 bits per heavy atom. The molecule has 0 aliphatic carbocycles. The van der Waals surface area contributed by atoms with Crippen molar-refractivity contribution in [3.63, 3.8) is 0 Å². The third-order valence-electron chi connectivity index (χ3n) is 3.28. The van der Waals surface area contributed by atoms with Crippen molar-refractivity contribution in [2.45, 2.75) is 46.0 Å². The Morgan fingerprint density at radius 1 is 1.19 bits per heavy atom. The molecule has 1 aromatic rings. The van der Waals surface area contributed by atoms with Crippen molar-refractivity contribution in [2.75, 3.05) is 6.61 Å². The van der Waals surface area contributed by atoms with Crippen LogP contribution in [0.1, 0.15) is 44.9 Å². The van der Waals surface area contributed by atoms with E-state index in [1.54, 1.807) is 6.07 Å². The van der Waals surface area contributed by atoms with E-state index in [9.17, 15) is 13.2 Å². The van der Waals surface area contributed by atoms with E-state index < -0.39 is 23.9 Å². The zero-order valence-electron chi connectivity index (χ0n) is 12.8. The van der Waals surface area contributed by atoms with Crippen LogP contribution < -0.4 is 11.3 Å². The molecule has 3 N–H and O–H groups in total. The van der Waals surface area contributed by atoms with E-state index in [0.29, 0.717) is 6.61 Å². The van der Waals surface area contributed by atoms with Gasteiger partial charge in [0.05, 0.1) is 17.7 Å². The van der Waals surface area contributed by atoms with Gasteiger partial charge in [0.1, 0.15) is 0 Å². The Hall–Kier alpha value is -1.11. The Kier molecular flexibility index (Phi) is 5.78. The summed E-state index contributed by atoms with van der Waals surface area (Å²) in [4.78, 5) is 0. The monoisotopic (exact) mass is 304 g/mol. The minimum atomic E-state index is -4.43. The molecular formula is C15H23F3N2O. The first kappa shape index (κ1) is 17.9. The highest BCUT2D eigenvalue weighted by Crippen LogP contribution is 2.39. The minimum Gasteiger partial charge on any atom is -0.376 e. The first-order chi connectivity index (χ1) is 9.62. The van der Waals surface area contributed by atoms with Crippen molar-refractivity contribution >= 4 is 0 Å². The van der Waals surface area contributed by atoms with Crippen molar-refractivity contribution < 1.29 is 17.9 Å². The van der Waals surface area contributed by atoms with Gasteiger partial charge in [-0.05, 0) is 24.0 Å². The second kappa shape index (κ2) is 6.77. The molecule has 0 radical (unpaired) electrons. The van der Waals surface area contributed by atoms with Gasteiger partial charge in [0.2, 0.25) is 0 Å². The SMILES string of the molecule is CCOC(C(NN)c1ccccc1C(F)(F)F)C(C)(C)C. The zero-order chi connectivity index (χ0) is 16.3. The van der Waals surface area contributed by atoms with Crippen LogP contribution in [0.2, 0.25) is 0 Å². The largest absolute Gasteiger partial charge is 0.416 e. The molecule has 0 aliphatic rings. The molecule has 0 heterocycles. The van der Waals surface area contributed by atoms with E-state index in [1.807, 2.05) is 27.7 Å². The van der Waals surface area contributed by atoms with Gasteiger partial charge in [0.25, 0.3) is 0 Å². The molecule has 2 atom stereocenters. The number of halogens is 3. The van der Waals surface area contributed by atoms with Crippen molar-refractivity contribution in [3.8, 4) is 0 Å². The van der Waals surface area contributed by atoms with E-state index in [0.717, 1.165) is 6.07 Å². The number of nitrogens with one attached hydrogen (secondary N) is 1. The standard InChI is InChI=1S/C15H23F3N2O/c1-5-21-13(14(2,3)4)12(20-19)10-8-6-7-9-11(10)15(16,17)18/h6-9,12-13,20H,5,19H2,1-4H3. The molecule has 0 amide bonds. The predicted molar refractivity (Wildman–Crippen MR) is 76.4 cm³/mol. The topological polar surface area (TPSA) is 47.3 Å². The van der Waals surface area contributed by atoms with Crippen molar-refractivity contribution in [1.29, 1.82) is 0 Å². The van der Waals surface area contributed by atoms with Crippen molar-refractivity contribution in [1.82, 2.24) is 5.43 Å². The van der Waals surface area contributed by atoms with E-state index in [1.165, 1.54) is 12.1 Å². The summed E-state index contributed by atoms with van der Waals surface area (Å²) in [5.74, 6) is 5.55. The lowest BCUT2D eigenvalue weighted by Gasteiger charge is -2.37. The van der Waals surface area contributed by atoms with Crippen LogP contribution in [0.15, 0.2) is 24.3 Å². The fourth-order valence-electron chi connectivity index (χ4n) is 2.39. The fraction of sp³-hybridized carbons (Fsp3) is 0.600. The molecule has 0 bridgehead atoms. The van der Waals surface area contributed by atoms with E-state index in [4.69, 9.17) is 10.6 Å². The van der Waals surface area contributed by atoms with Crippen LogP contribution in [-0.2, 0) is 10.9 Å². The smallest absolute Gasteiger partial charge is 0.376 e. The van der Waals surface area contributed by atoms with Crippen molar-refractivity contribution in [2.24, 2.45) is 11.3 Å². The summed E-state index contributed by atoms with van der Waals surface area (Å²) in [6, 6.07) is 4.69. The van der Waals surface area contributed by atoms with Gasteiger partial charge in [-0.1, -0.05) is 39.0 Å². The highest BCUT2D eigenvalue weighted by Gasteiger charge is 2.40. The van der Waals surface area contributed by atoms with Gasteiger partial charge in [0, 0.05) is 6.61 Å². The quantitative estimate of drug-likeness (QED) is 0.644. The molecule has 0 aromatic heterocycles. The number of benzene rings is 1. The van der Waals surface area contributed by atoms with Crippen LogP contribution in [0, 0.1) is 5.41 Å². The van der Waals surface area contributed by atoms with Gasteiger partial charge >= 0.3 is 6.18 Å². The summed E-state index contributed by atoms with van der Waals surface area (Å²) in [7, 11) is 0. The summed E-state index contributed by atoms with van der Waals surface area (Å²) >= 11 is 0. The lowest BCUT2D eigenvalue weighted by Crippen LogP contribution is -2.45. The highest BCUT2D eigenvalue weighted by molar-refractivity contribution is 5.33. The Bertz CT molecular complexity index is 455. The molecule has 0 saturated heterocycles. The van der Waals surface area contributed by atoms with Crippen LogP contribution in [0.4, 0.5) is 13.2 Å². The molecule has 1 rings (SSSR count). The number of alkyl halides is 3. The number of hydrogen-bond donors (Lipinski definition) is 2. The molecule has 2 unspecified atom stereocenters. The maximum atomic E-state index is 13.2. The van der Waals surface area contributed by atoms with Gasteiger partial charge in [0.15, 0.2) is 0 Å². The third kappa shape index (κ3) is 4.43. The summed E-state index contributed by atoms with van der Waals surface area (Å²) in [5, 5.41) is 0. The number of rotatable bonds is 5. The molecule has 6 heteroatoms. The van der Waals surface area contributed by atoms with Gasteiger partial charge in [-0.3, -0.25) is 11.3 Å². The van der Waals surface area contributed by atoms with Crippen LogP contribution in [0.3, 0.4) is 0 Å². The Labute approximate surface area is 123 Å². The van der Waals surface area contributed by atoms with Crippen LogP contribution in [-0.4, -0.2) is 12.7 Å². The lowest BCUT2D eigenvalue weighted by molar-refractivity contribution is -0.139. The number of nitrogens with two attached hydrogens (primary N) is 1. The molecule has 3 nitrogen and oxygen atoms in total. The molecular weight excluding hydrogens is 281 g/mol. The molecule has 0 fully saturated rings. The summed E-state index contributed by atoms with van der Waals surface area (Å²) in [5.41, 5.74) is 1.53. The van der Waals surface area contributed by atoms with Gasteiger partial charge in [-0.15, -0.1) is 0 Å². The average molecular weight is 304 g/mol. The first-order valence-corrected chi connectivity index (χ1v) is 6.86. The van der Waals surface area contributed by atoms with E-state index in [-0.39, 0.29) is 11.0 Å². The summed E-state index contributed by atoms with van der Waals surface area (Å²) in [6.45, 7) is 7.94. The molecule has 0 saturated carbocycles. The highest BCUT2D eigenvalue weighted by atomic mass is 19.4. The van der Waals surface area contributed by atoms with Crippen LogP contribution in [0.25, 0.3) is 0 Å². The van der Waals surface area contributed by atoms with Gasteiger partial charge in [-0.25, -0.2) is 0 Å². The molecule has 0 spiro atoms.